The Balaban J connectivity index is 1.28. The first-order valence-corrected chi connectivity index (χ1v) is 19.4. The Bertz CT molecular complexity index is 1980. The van der Waals surface area contributed by atoms with E-state index in [1.165, 1.54) is 26.1 Å². The van der Waals surface area contributed by atoms with Crippen LogP contribution in [0.1, 0.15) is 72.3 Å². The molecule has 2 aromatic carbocycles. The Morgan fingerprint density at radius 2 is 1.63 bits per heavy atom. The van der Waals surface area contributed by atoms with Crippen molar-refractivity contribution in [3.8, 4) is 17.0 Å². The Morgan fingerprint density at radius 3 is 2.31 bits per heavy atom. The zero-order valence-corrected chi connectivity index (χ0v) is 30.5. The molecular weight excluding hydrogens is 671 g/mol. The molecule has 3 aliphatic heterocycles. The van der Waals surface area contributed by atoms with Gasteiger partial charge in [-0.05, 0) is 79.1 Å². The van der Waals surface area contributed by atoms with Gasteiger partial charge in [-0.15, -0.1) is 0 Å². The van der Waals surface area contributed by atoms with Crippen molar-refractivity contribution >= 4 is 44.9 Å². The molecule has 0 bridgehead atoms. The molecule has 0 spiro atoms. The number of nitrogens with one attached hydrogen (secondary N) is 1. The number of methoxy groups -OCH3 is 1. The lowest BCUT2D eigenvalue weighted by atomic mass is 9.81. The van der Waals surface area contributed by atoms with Crippen LogP contribution < -0.4 is 9.46 Å². The van der Waals surface area contributed by atoms with Crippen molar-refractivity contribution in [3.05, 3.63) is 58.7 Å². The largest absolute Gasteiger partial charge is 0.497 e. The number of nitrogens with zero attached hydrogens (tertiary/aromatic N) is 4. The van der Waals surface area contributed by atoms with Crippen molar-refractivity contribution in [2.45, 2.75) is 57.4 Å². The summed E-state index contributed by atoms with van der Waals surface area (Å²) in [6.45, 7) is 3.57. The van der Waals surface area contributed by atoms with E-state index in [2.05, 4.69) is 15.4 Å². The molecule has 3 aromatic rings. The summed E-state index contributed by atoms with van der Waals surface area (Å²) in [5.74, 6) is 0.211. The average Bonchev–Trinajstić information content (AvgIpc) is 3.36. The highest BCUT2D eigenvalue weighted by molar-refractivity contribution is 7.87. The monoisotopic (exact) mass is 717 g/mol. The van der Waals surface area contributed by atoms with E-state index in [1.54, 1.807) is 19.2 Å². The normalized spacial score (nSPS) is 18.9. The Labute approximate surface area is 299 Å². The fourth-order valence-corrected chi connectivity index (χ4v) is 8.69. The van der Waals surface area contributed by atoms with Crippen LogP contribution in [-0.4, -0.2) is 105 Å². The summed E-state index contributed by atoms with van der Waals surface area (Å²) in [6.07, 6.45) is 8.71. The average molecular weight is 718 g/mol. The third-order valence-corrected chi connectivity index (χ3v) is 12.4. The first-order valence-electron chi connectivity index (χ1n) is 18.0. The summed E-state index contributed by atoms with van der Waals surface area (Å²) >= 11 is 0. The van der Waals surface area contributed by atoms with E-state index >= 15 is 0 Å². The van der Waals surface area contributed by atoms with Gasteiger partial charge in [0.05, 0.1) is 32.6 Å². The van der Waals surface area contributed by atoms with Crippen LogP contribution >= 0.6 is 0 Å². The van der Waals surface area contributed by atoms with Gasteiger partial charge in [-0.1, -0.05) is 25.3 Å². The van der Waals surface area contributed by atoms with Crippen LogP contribution in [0.4, 0.5) is 0 Å². The summed E-state index contributed by atoms with van der Waals surface area (Å²) in [5.41, 5.74) is 5.66. The predicted octanol–water partition coefficient (Wildman–Crippen LogP) is 4.40. The zero-order valence-electron chi connectivity index (χ0n) is 29.7. The van der Waals surface area contributed by atoms with E-state index in [9.17, 15) is 22.8 Å². The van der Waals surface area contributed by atoms with Gasteiger partial charge in [0.25, 0.3) is 11.8 Å². The summed E-state index contributed by atoms with van der Waals surface area (Å²) in [5, 5.41) is 1.00. The molecule has 3 fully saturated rings. The fourth-order valence-electron chi connectivity index (χ4n) is 8.15. The summed E-state index contributed by atoms with van der Waals surface area (Å²) < 4.78 is 41.5. The van der Waals surface area contributed by atoms with Crippen molar-refractivity contribution in [1.82, 2.24) is 23.4 Å². The van der Waals surface area contributed by atoms with Crippen LogP contribution in [0.15, 0.2) is 42.0 Å². The number of hydrogen-bond acceptors (Lipinski definition) is 7. The maximum absolute atomic E-state index is 14.5. The highest BCUT2D eigenvalue weighted by Gasteiger charge is 2.35. The molecule has 4 heterocycles. The van der Waals surface area contributed by atoms with Crippen molar-refractivity contribution in [2.75, 3.05) is 60.6 Å². The third kappa shape index (κ3) is 6.91. The SMILES string of the molecule is COc1ccc2c(c1)C=C(C(=O)N1CCC(C(=O)N3CCOCC3)CC1)Cn1c-2c(C2CCCCC2)c2ccc(C(=O)NS(=O)(=O)N(C)C)cc21. The van der Waals surface area contributed by atoms with Gasteiger partial charge < -0.3 is 23.8 Å². The van der Waals surface area contributed by atoms with Gasteiger partial charge in [0.2, 0.25) is 5.91 Å². The van der Waals surface area contributed by atoms with Gasteiger partial charge in [0.1, 0.15) is 5.75 Å². The number of carbonyl (C=O) groups excluding carboxylic acids is 3. The van der Waals surface area contributed by atoms with Gasteiger partial charge in [0.15, 0.2) is 0 Å². The minimum Gasteiger partial charge on any atom is -0.497 e. The van der Waals surface area contributed by atoms with Gasteiger partial charge in [-0.25, -0.2) is 4.72 Å². The summed E-state index contributed by atoms with van der Waals surface area (Å²) in [4.78, 5) is 44.8. The number of ether oxygens (including phenoxy) is 2. The second-order valence-corrected chi connectivity index (χ2v) is 16.1. The maximum atomic E-state index is 14.5. The number of benzene rings is 2. The molecule has 4 aliphatic rings. The van der Waals surface area contributed by atoms with Gasteiger partial charge in [-0.2, -0.15) is 12.7 Å². The van der Waals surface area contributed by atoms with E-state index in [4.69, 9.17) is 9.47 Å². The van der Waals surface area contributed by atoms with Crippen LogP contribution in [-0.2, 0) is 31.1 Å². The van der Waals surface area contributed by atoms with Crippen LogP contribution in [0.25, 0.3) is 28.2 Å². The molecule has 1 saturated carbocycles. The fraction of sp³-hybridized carbons (Fsp3) is 0.500. The number of likely N-dealkylation sites (tertiary alicyclic amines) is 1. The van der Waals surface area contributed by atoms with Crippen LogP contribution in [0.3, 0.4) is 0 Å². The Morgan fingerprint density at radius 1 is 0.902 bits per heavy atom. The van der Waals surface area contributed by atoms with Gasteiger partial charge in [0, 0.05) is 73.8 Å². The van der Waals surface area contributed by atoms with Gasteiger partial charge in [-0.3, -0.25) is 14.4 Å². The van der Waals surface area contributed by atoms with E-state index in [-0.39, 0.29) is 29.8 Å². The topological polar surface area (TPSA) is 130 Å². The van der Waals surface area contributed by atoms with Crippen LogP contribution in [0.5, 0.6) is 5.75 Å². The van der Waals surface area contributed by atoms with E-state index in [0.29, 0.717) is 69.5 Å². The highest BCUT2D eigenvalue weighted by Crippen LogP contribution is 2.47. The van der Waals surface area contributed by atoms with Gasteiger partial charge >= 0.3 is 10.2 Å². The second-order valence-electron chi connectivity index (χ2n) is 14.3. The number of piperidine rings is 1. The van der Waals surface area contributed by atoms with E-state index in [1.807, 2.05) is 34.1 Å². The molecule has 0 unspecified atom stereocenters. The standard InChI is InChI=1S/C38H47N5O7S/c1-40(2)51(47,48)39-36(44)27-9-11-32-33(23-27)43-24-29(38(46)41-15-13-26(14-16-41)37(45)42-17-19-50-20-18-42)21-28-22-30(49-3)10-12-31(28)35(43)34(32)25-7-5-4-6-8-25/h9-12,21-23,25-26H,4-8,13-20,24H2,1-3H3,(H,39,44). The van der Waals surface area contributed by atoms with Crippen molar-refractivity contribution in [3.63, 3.8) is 0 Å². The molecule has 2 saturated heterocycles. The number of hydrogen-bond donors (Lipinski definition) is 1. The lowest BCUT2D eigenvalue weighted by Crippen LogP contribution is -2.48. The Hall–Kier alpha value is -4.20. The second kappa shape index (κ2) is 14.4. The molecule has 12 nitrogen and oxygen atoms in total. The van der Waals surface area contributed by atoms with E-state index in [0.717, 1.165) is 57.7 Å². The lowest BCUT2D eigenvalue weighted by Gasteiger charge is -2.35. The molecule has 3 amide bonds. The molecule has 272 valence electrons. The lowest BCUT2D eigenvalue weighted by molar-refractivity contribution is -0.143. The molecule has 0 radical (unpaired) electrons. The predicted molar refractivity (Wildman–Crippen MR) is 195 cm³/mol. The quantitative estimate of drug-likeness (QED) is 0.384. The number of aromatic nitrogens is 1. The first kappa shape index (κ1) is 35.2. The zero-order chi connectivity index (χ0) is 35.9. The first-order chi connectivity index (χ1) is 24.6. The van der Waals surface area contributed by atoms with Crippen molar-refractivity contribution in [1.29, 1.82) is 0 Å². The molecule has 51 heavy (non-hydrogen) atoms. The smallest absolute Gasteiger partial charge is 0.303 e. The number of amides is 3. The number of morpholine rings is 1. The minimum atomic E-state index is -4.00. The molecule has 13 heteroatoms. The van der Waals surface area contributed by atoms with Crippen LogP contribution in [0, 0.1) is 5.92 Å². The van der Waals surface area contributed by atoms with Crippen molar-refractivity contribution in [2.24, 2.45) is 5.92 Å². The molecule has 1 aliphatic carbocycles. The maximum Gasteiger partial charge on any atom is 0.303 e. The molecule has 1 aromatic heterocycles. The molecule has 0 atom stereocenters. The van der Waals surface area contributed by atoms with Crippen molar-refractivity contribution < 1.29 is 32.3 Å². The summed E-state index contributed by atoms with van der Waals surface area (Å²) in [7, 11) is 0.357. The minimum absolute atomic E-state index is 0.0825. The summed E-state index contributed by atoms with van der Waals surface area (Å²) in [6, 6.07) is 11.3. The molecular formula is C38H47N5O7S. The van der Waals surface area contributed by atoms with E-state index < -0.39 is 16.1 Å². The number of rotatable bonds is 7. The Kier molecular flexibility index (Phi) is 9.97. The highest BCUT2D eigenvalue weighted by atomic mass is 32.2. The third-order valence-electron chi connectivity index (χ3n) is 11.0. The van der Waals surface area contributed by atoms with Crippen LogP contribution in [0.2, 0.25) is 0 Å². The molecule has 1 N–H and O–H groups in total. The number of carbonyl (C=O) groups is 3. The number of fused-ring (bicyclic) bond motifs is 5. The molecule has 7 rings (SSSR count).